The van der Waals surface area contributed by atoms with Crippen molar-refractivity contribution in [1.82, 2.24) is 0 Å². The Bertz CT molecular complexity index is 640. The number of benzene rings is 1. The third-order valence-electron chi connectivity index (χ3n) is 3.18. The van der Waals surface area contributed by atoms with E-state index in [0.717, 1.165) is 12.2 Å². The first kappa shape index (κ1) is 14.5. The molecule has 0 heterocycles. The Balaban J connectivity index is 2.49. The summed E-state index contributed by atoms with van der Waals surface area (Å²) >= 11 is 0. The molecule has 0 saturated heterocycles. The maximum Gasteiger partial charge on any atom is 0.302 e. The Labute approximate surface area is 117 Å². The van der Waals surface area contributed by atoms with Crippen LogP contribution in [-0.4, -0.2) is 21.1 Å². The number of nitrogens with zero attached hydrogens (tertiary/aromatic N) is 1. The van der Waals surface area contributed by atoms with E-state index in [4.69, 9.17) is 5.73 Å². The molecular weight excluding hydrogens is 283 g/mol. The van der Waals surface area contributed by atoms with Gasteiger partial charge >= 0.3 is 5.66 Å². The van der Waals surface area contributed by atoms with Gasteiger partial charge in [0.1, 0.15) is 5.83 Å². The summed E-state index contributed by atoms with van der Waals surface area (Å²) in [6, 6.07) is 6.30. The van der Waals surface area contributed by atoms with Crippen LogP contribution in [0, 0.1) is 10.1 Å². The maximum atomic E-state index is 13.4. The molecule has 0 aliphatic heterocycles. The van der Waals surface area contributed by atoms with Gasteiger partial charge in [-0.25, -0.2) is 4.39 Å². The van der Waals surface area contributed by atoms with Crippen molar-refractivity contribution in [3.8, 4) is 0 Å². The molecule has 5 nitrogen and oxygen atoms in total. The van der Waals surface area contributed by atoms with E-state index in [1.807, 2.05) is 0 Å². The van der Waals surface area contributed by atoms with Crippen LogP contribution in [0.3, 0.4) is 0 Å². The van der Waals surface area contributed by atoms with Crippen molar-refractivity contribution in [3.05, 3.63) is 57.9 Å². The molecule has 1 aromatic rings. The summed E-state index contributed by atoms with van der Waals surface area (Å²) in [6.07, 6.45) is 3.49. The third-order valence-corrected chi connectivity index (χ3v) is 4.12. The highest BCUT2D eigenvalue weighted by Crippen LogP contribution is 2.34. The van der Waals surface area contributed by atoms with E-state index in [0.29, 0.717) is 10.5 Å². The number of rotatable bonds is 3. The summed E-state index contributed by atoms with van der Waals surface area (Å²) in [7, 11) is -1.15. The quantitative estimate of drug-likeness (QED) is 0.525. The normalized spacial score (nSPS) is 23.8. The molecule has 0 amide bonds. The SMILES string of the molecule is CS(=O)c1ccc(C2=CC(F)=CCC2(N)[N+](=O)[O-])cc1. The molecule has 0 saturated carbocycles. The number of allylic oxidation sites excluding steroid dienone is 2. The minimum absolute atomic E-state index is 0.107. The van der Waals surface area contributed by atoms with Gasteiger partial charge in [-0.3, -0.25) is 20.1 Å². The van der Waals surface area contributed by atoms with Gasteiger partial charge in [0.05, 0.1) is 12.0 Å². The molecule has 2 rings (SSSR count). The highest BCUT2D eigenvalue weighted by atomic mass is 32.2. The molecule has 1 aliphatic carbocycles. The molecule has 1 aliphatic rings. The van der Waals surface area contributed by atoms with Gasteiger partial charge in [-0.15, -0.1) is 0 Å². The molecule has 0 bridgehead atoms. The van der Waals surface area contributed by atoms with Crippen LogP contribution in [0.15, 0.2) is 47.1 Å². The van der Waals surface area contributed by atoms with E-state index in [9.17, 15) is 18.7 Å². The minimum Gasteiger partial charge on any atom is -0.262 e. The summed E-state index contributed by atoms with van der Waals surface area (Å²) < 4.78 is 24.7. The Kier molecular flexibility index (Phi) is 3.82. The summed E-state index contributed by atoms with van der Waals surface area (Å²) in [4.78, 5) is 11.2. The molecule has 106 valence electrons. The monoisotopic (exact) mass is 296 g/mol. The lowest BCUT2D eigenvalue weighted by molar-refractivity contribution is -0.549. The fraction of sp³-hybridized carbons (Fsp3) is 0.231. The molecule has 7 heteroatoms. The predicted molar refractivity (Wildman–Crippen MR) is 74.5 cm³/mol. The summed E-state index contributed by atoms with van der Waals surface area (Å²) in [5, 5.41) is 11.2. The molecule has 0 radical (unpaired) electrons. The average molecular weight is 296 g/mol. The molecular formula is C13H13FN2O3S. The molecule has 2 unspecified atom stereocenters. The Hall–Kier alpha value is -1.86. The molecule has 2 atom stereocenters. The topological polar surface area (TPSA) is 86.2 Å². The van der Waals surface area contributed by atoms with Crippen LogP contribution < -0.4 is 5.73 Å². The summed E-state index contributed by atoms with van der Waals surface area (Å²) in [5.74, 6) is -0.550. The van der Waals surface area contributed by atoms with E-state index in [1.54, 1.807) is 24.3 Å². The largest absolute Gasteiger partial charge is 0.302 e. The fourth-order valence-corrected chi connectivity index (χ4v) is 2.54. The second-order valence-electron chi connectivity index (χ2n) is 4.51. The van der Waals surface area contributed by atoms with Crippen LogP contribution >= 0.6 is 0 Å². The molecule has 0 aromatic heterocycles. The lowest BCUT2D eigenvalue weighted by Crippen LogP contribution is -2.49. The zero-order valence-corrected chi connectivity index (χ0v) is 11.5. The maximum absolute atomic E-state index is 13.4. The highest BCUT2D eigenvalue weighted by molar-refractivity contribution is 7.84. The summed E-state index contributed by atoms with van der Waals surface area (Å²) in [6.45, 7) is 0. The fourth-order valence-electron chi connectivity index (χ4n) is 2.02. The van der Waals surface area contributed by atoms with E-state index in [1.165, 1.54) is 6.26 Å². The highest BCUT2D eigenvalue weighted by Gasteiger charge is 2.44. The van der Waals surface area contributed by atoms with Gasteiger partial charge < -0.3 is 0 Å². The van der Waals surface area contributed by atoms with Crippen molar-refractivity contribution in [2.75, 3.05) is 6.26 Å². The Morgan fingerprint density at radius 2 is 2.00 bits per heavy atom. The number of hydrogen-bond donors (Lipinski definition) is 1. The van der Waals surface area contributed by atoms with Gasteiger partial charge in [0, 0.05) is 26.9 Å². The first-order valence-corrected chi connectivity index (χ1v) is 7.35. The van der Waals surface area contributed by atoms with Crippen LogP contribution in [0.2, 0.25) is 0 Å². The van der Waals surface area contributed by atoms with Gasteiger partial charge in [-0.1, -0.05) is 12.1 Å². The predicted octanol–water partition coefficient (Wildman–Crippen LogP) is 2.00. The van der Waals surface area contributed by atoms with Gasteiger partial charge in [-0.05, 0) is 29.8 Å². The van der Waals surface area contributed by atoms with Gasteiger partial charge in [0.25, 0.3) is 0 Å². The molecule has 0 fully saturated rings. The summed E-state index contributed by atoms with van der Waals surface area (Å²) in [5.41, 5.74) is 4.51. The van der Waals surface area contributed by atoms with Gasteiger partial charge in [0.15, 0.2) is 0 Å². The first-order chi connectivity index (χ1) is 9.34. The third kappa shape index (κ3) is 2.54. The lowest BCUT2D eigenvalue weighted by atomic mass is 9.87. The van der Waals surface area contributed by atoms with Crippen molar-refractivity contribution in [2.45, 2.75) is 17.0 Å². The Morgan fingerprint density at radius 1 is 1.40 bits per heavy atom. The van der Waals surface area contributed by atoms with Crippen LogP contribution in [0.4, 0.5) is 4.39 Å². The number of halogens is 1. The van der Waals surface area contributed by atoms with Crippen molar-refractivity contribution >= 4 is 16.4 Å². The molecule has 1 aromatic carbocycles. The second-order valence-corrected chi connectivity index (χ2v) is 5.89. The van der Waals surface area contributed by atoms with Crippen LogP contribution in [0.1, 0.15) is 12.0 Å². The average Bonchev–Trinajstić information content (AvgIpc) is 2.41. The van der Waals surface area contributed by atoms with Crippen molar-refractivity contribution < 1.29 is 13.5 Å². The van der Waals surface area contributed by atoms with E-state index < -0.39 is 27.2 Å². The van der Waals surface area contributed by atoms with Crippen molar-refractivity contribution in [3.63, 3.8) is 0 Å². The van der Waals surface area contributed by atoms with Crippen molar-refractivity contribution in [2.24, 2.45) is 5.73 Å². The smallest absolute Gasteiger partial charge is 0.262 e. The van der Waals surface area contributed by atoms with E-state index in [-0.39, 0.29) is 12.0 Å². The number of nitrogens with two attached hydrogens (primary N) is 1. The van der Waals surface area contributed by atoms with E-state index in [2.05, 4.69) is 0 Å². The van der Waals surface area contributed by atoms with Crippen LogP contribution in [0.5, 0.6) is 0 Å². The molecule has 2 N–H and O–H groups in total. The molecule has 0 spiro atoms. The van der Waals surface area contributed by atoms with Crippen LogP contribution in [0.25, 0.3) is 5.57 Å². The molecule has 20 heavy (non-hydrogen) atoms. The van der Waals surface area contributed by atoms with E-state index >= 15 is 0 Å². The lowest BCUT2D eigenvalue weighted by Gasteiger charge is -2.25. The number of nitro groups is 1. The number of hydrogen-bond acceptors (Lipinski definition) is 4. The zero-order valence-electron chi connectivity index (χ0n) is 10.7. The van der Waals surface area contributed by atoms with Crippen molar-refractivity contribution in [1.29, 1.82) is 0 Å². The van der Waals surface area contributed by atoms with Gasteiger partial charge in [0.2, 0.25) is 0 Å². The first-order valence-electron chi connectivity index (χ1n) is 5.79. The standard InChI is InChI=1S/C13H13FN2O3S/c1-20(19)11-4-2-9(3-5-11)12-8-10(14)6-7-13(12,15)16(17)18/h2-6,8H,7,15H2,1H3. The minimum atomic E-state index is -1.84. The Morgan fingerprint density at radius 3 is 2.50 bits per heavy atom. The second kappa shape index (κ2) is 5.26. The van der Waals surface area contributed by atoms with Crippen LogP contribution in [-0.2, 0) is 10.8 Å². The zero-order chi connectivity index (χ0) is 14.9. The van der Waals surface area contributed by atoms with Gasteiger partial charge in [-0.2, -0.15) is 0 Å².